The maximum atomic E-state index is 12.4. The van der Waals surface area contributed by atoms with E-state index in [4.69, 9.17) is 4.74 Å². The molecule has 0 aliphatic carbocycles. The van der Waals surface area contributed by atoms with E-state index in [1.807, 2.05) is 38.1 Å². The van der Waals surface area contributed by atoms with Crippen LogP contribution in [0.1, 0.15) is 33.1 Å². The molecule has 0 bridgehead atoms. The lowest BCUT2D eigenvalue weighted by atomic mass is 10.1. The second-order valence-corrected chi connectivity index (χ2v) is 5.18. The molecule has 1 aromatic carbocycles. The molecule has 0 saturated carbocycles. The van der Waals surface area contributed by atoms with Crippen LogP contribution < -0.4 is 15.0 Å². The van der Waals surface area contributed by atoms with Crippen molar-refractivity contribution >= 4 is 17.5 Å². The molecular formula is C16H22N2O3. The Morgan fingerprint density at radius 2 is 1.90 bits per heavy atom. The Hall–Kier alpha value is -2.04. The Labute approximate surface area is 125 Å². The van der Waals surface area contributed by atoms with E-state index in [9.17, 15) is 9.59 Å². The fraction of sp³-hybridized carbons (Fsp3) is 0.500. The van der Waals surface area contributed by atoms with Gasteiger partial charge in [-0.3, -0.25) is 9.59 Å². The molecule has 0 radical (unpaired) electrons. The number of nitrogens with one attached hydrogen (secondary N) is 1. The number of piperazine rings is 1. The molecule has 2 rings (SSSR count). The van der Waals surface area contributed by atoms with Crippen LogP contribution in [-0.4, -0.2) is 31.0 Å². The minimum absolute atomic E-state index is 0.0429. The molecule has 1 N–H and O–H groups in total. The smallest absolute Gasteiger partial charge is 0.250 e. The molecular weight excluding hydrogens is 268 g/mol. The predicted octanol–water partition coefficient (Wildman–Crippen LogP) is 2.11. The highest BCUT2D eigenvalue weighted by Gasteiger charge is 2.32. The maximum absolute atomic E-state index is 12.4. The molecule has 21 heavy (non-hydrogen) atoms. The predicted molar refractivity (Wildman–Crippen MR) is 81.4 cm³/mol. The van der Waals surface area contributed by atoms with E-state index < -0.39 is 6.04 Å². The molecule has 1 aromatic rings. The van der Waals surface area contributed by atoms with E-state index in [1.165, 1.54) is 0 Å². The summed E-state index contributed by atoms with van der Waals surface area (Å²) >= 11 is 0. The second-order valence-electron chi connectivity index (χ2n) is 5.18. The number of hydrogen-bond acceptors (Lipinski definition) is 3. The Balaban J connectivity index is 2.11. The van der Waals surface area contributed by atoms with E-state index in [1.54, 1.807) is 4.90 Å². The molecule has 5 heteroatoms. The van der Waals surface area contributed by atoms with Gasteiger partial charge in [-0.15, -0.1) is 0 Å². The average molecular weight is 290 g/mol. The first kappa shape index (κ1) is 15.4. The first-order chi connectivity index (χ1) is 10.2. The van der Waals surface area contributed by atoms with Crippen molar-refractivity contribution in [3.63, 3.8) is 0 Å². The van der Waals surface area contributed by atoms with Crippen LogP contribution in [0.25, 0.3) is 0 Å². The summed E-state index contributed by atoms with van der Waals surface area (Å²) in [6.45, 7) is 4.79. The van der Waals surface area contributed by atoms with Crippen molar-refractivity contribution < 1.29 is 14.3 Å². The quantitative estimate of drug-likeness (QED) is 0.873. The van der Waals surface area contributed by atoms with Crippen molar-refractivity contribution in [2.45, 2.75) is 39.2 Å². The monoisotopic (exact) mass is 290 g/mol. The number of amides is 2. The fourth-order valence-corrected chi connectivity index (χ4v) is 2.36. The summed E-state index contributed by atoms with van der Waals surface area (Å²) in [5.41, 5.74) is 0.736. The highest BCUT2D eigenvalue weighted by atomic mass is 16.5. The standard InChI is InChI=1S/C16H22N2O3/c1-3-5-14-16(20)18(11-15(19)17-14)12-6-8-13(9-7-12)21-10-4-2/h6-9,14H,3-5,10-11H2,1-2H3,(H,17,19). The Kier molecular flexibility index (Phi) is 5.20. The van der Waals surface area contributed by atoms with E-state index in [0.717, 1.165) is 24.3 Å². The van der Waals surface area contributed by atoms with Crippen LogP contribution in [0.5, 0.6) is 5.75 Å². The van der Waals surface area contributed by atoms with Gasteiger partial charge in [-0.05, 0) is 37.1 Å². The summed E-state index contributed by atoms with van der Waals surface area (Å²) in [5.74, 6) is 0.623. The lowest BCUT2D eigenvalue weighted by Gasteiger charge is -2.32. The minimum atomic E-state index is -0.410. The summed E-state index contributed by atoms with van der Waals surface area (Å²) in [5, 5.41) is 2.75. The van der Waals surface area contributed by atoms with Crippen LogP contribution in [0, 0.1) is 0 Å². The van der Waals surface area contributed by atoms with Crippen LogP contribution in [0.15, 0.2) is 24.3 Å². The largest absolute Gasteiger partial charge is 0.494 e. The van der Waals surface area contributed by atoms with E-state index in [-0.39, 0.29) is 18.4 Å². The van der Waals surface area contributed by atoms with Crippen LogP contribution in [-0.2, 0) is 9.59 Å². The Bertz CT molecular complexity index is 499. The molecule has 1 unspecified atom stereocenters. The number of carbonyl (C=O) groups excluding carboxylic acids is 2. The minimum Gasteiger partial charge on any atom is -0.494 e. The zero-order valence-corrected chi connectivity index (χ0v) is 12.6. The van der Waals surface area contributed by atoms with Gasteiger partial charge >= 0.3 is 0 Å². The lowest BCUT2D eigenvalue weighted by Crippen LogP contribution is -2.58. The number of anilines is 1. The van der Waals surface area contributed by atoms with Crippen molar-refractivity contribution in [2.75, 3.05) is 18.1 Å². The summed E-state index contributed by atoms with van der Waals surface area (Å²) in [6.07, 6.45) is 2.47. The Morgan fingerprint density at radius 1 is 1.19 bits per heavy atom. The molecule has 2 amide bonds. The van der Waals surface area contributed by atoms with Gasteiger partial charge in [0, 0.05) is 5.69 Å². The summed E-state index contributed by atoms with van der Waals surface area (Å²) in [4.78, 5) is 25.7. The van der Waals surface area contributed by atoms with Crippen LogP contribution in [0.3, 0.4) is 0 Å². The highest BCUT2D eigenvalue weighted by molar-refractivity contribution is 6.06. The molecule has 1 aliphatic rings. The van der Waals surface area contributed by atoms with Crippen molar-refractivity contribution in [3.8, 4) is 5.75 Å². The van der Waals surface area contributed by atoms with Gasteiger partial charge in [0.15, 0.2) is 0 Å². The molecule has 1 atom stereocenters. The van der Waals surface area contributed by atoms with Crippen LogP contribution >= 0.6 is 0 Å². The van der Waals surface area contributed by atoms with Gasteiger partial charge in [-0.2, -0.15) is 0 Å². The molecule has 5 nitrogen and oxygen atoms in total. The topological polar surface area (TPSA) is 58.6 Å². The van der Waals surface area contributed by atoms with Gasteiger partial charge in [0.1, 0.15) is 18.3 Å². The van der Waals surface area contributed by atoms with E-state index in [2.05, 4.69) is 5.32 Å². The third-order valence-electron chi connectivity index (χ3n) is 3.40. The molecule has 1 saturated heterocycles. The number of nitrogens with zero attached hydrogens (tertiary/aromatic N) is 1. The van der Waals surface area contributed by atoms with Gasteiger partial charge in [0.25, 0.3) is 0 Å². The van der Waals surface area contributed by atoms with Crippen molar-refractivity contribution in [1.29, 1.82) is 0 Å². The first-order valence-corrected chi connectivity index (χ1v) is 7.49. The van der Waals surface area contributed by atoms with Gasteiger partial charge in [0.2, 0.25) is 11.8 Å². The number of ether oxygens (including phenoxy) is 1. The number of hydrogen-bond donors (Lipinski definition) is 1. The zero-order chi connectivity index (χ0) is 15.2. The average Bonchev–Trinajstić information content (AvgIpc) is 2.49. The summed E-state index contributed by atoms with van der Waals surface area (Å²) in [6, 6.07) is 6.90. The van der Waals surface area contributed by atoms with E-state index >= 15 is 0 Å². The molecule has 1 fully saturated rings. The number of rotatable bonds is 6. The third-order valence-corrected chi connectivity index (χ3v) is 3.40. The lowest BCUT2D eigenvalue weighted by molar-refractivity contribution is -0.131. The van der Waals surface area contributed by atoms with Crippen LogP contribution in [0.4, 0.5) is 5.69 Å². The molecule has 0 spiro atoms. The third kappa shape index (κ3) is 3.74. The molecule has 1 aliphatic heterocycles. The maximum Gasteiger partial charge on any atom is 0.250 e. The fourth-order valence-electron chi connectivity index (χ4n) is 2.36. The van der Waals surface area contributed by atoms with Gasteiger partial charge in [-0.1, -0.05) is 20.3 Å². The van der Waals surface area contributed by atoms with Crippen molar-refractivity contribution in [1.82, 2.24) is 5.32 Å². The molecule has 1 heterocycles. The van der Waals surface area contributed by atoms with Crippen molar-refractivity contribution in [2.24, 2.45) is 0 Å². The highest BCUT2D eigenvalue weighted by Crippen LogP contribution is 2.22. The Morgan fingerprint density at radius 3 is 2.52 bits per heavy atom. The first-order valence-electron chi connectivity index (χ1n) is 7.49. The summed E-state index contributed by atoms with van der Waals surface area (Å²) < 4.78 is 5.52. The van der Waals surface area contributed by atoms with Gasteiger partial charge in [0.05, 0.1) is 6.61 Å². The molecule has 114 valence electrons. The number of benzene rings is 1. The van der Waals surface area contributed by atoms with E-state index in [0.29, 0.717) is 13.0 Å². The number of carbonyl (C=O) groups is 2. The zero-order valence-electron chi connectivity index (χ0n) is 12.6. The SMILES string of the molecule is CCCOc1ccc(N2CC(=O)NC(CCC)C2=O)cc1. The summed E-state index contributed by atoms with van der Waals surface area (Å²) in [7, 11) is 0. The second kappa shape index (κ2) is 7.11. The van der Waals surface area contributed by atoms with Gasteiger partial charge < -0.3 is 15.0 Å². The van der Waals surface area contributed by atoms with Gasteiger partial charge in [-0.25, -0.2) is 0 Å². The molecule has 0 aromatic heterocycles. The van der Waals surface area contributed by atoms with Crippen LogP contribution in [0.2, 0.25) is 0 Å². The normalized spacial score (nSPS) is 18.6. The van der Waals surface area contributed by atoms with Crippen molar-refractivity contribution in [3.05, 3.63) is 24.3 Å².